The average molecular weight is 169 g/mol. The van der Waals surface area contributed by atoms with Gasteiger partial charge in [0.15, 0.2) is 0 Å². The van der Waals surface area contributed by atoms with E-state index in [-0.39, 0.29) is 0 Å². The van der Waals surface area contributed by atoms with Crippen molar-refractivity contribution in [1.29, 1.82) is 0 Å². The highest BCUT2D eigenvalue weighted by molar-refractivity contribution is 6.31. The largest absolute Gasteiger partial charge is 0.508 e. The molecule has 0 fully saturated rings. The molecule has 2 rings (SSSR count). The molecular formula is C9H9ClO. The van der Waals surface area contributed by atoms with Crippen molar-refractivity contribution in [1.82, 2.24) is 0 Å². The molecule has 0 atom stereocenters. The highest BCUT2D eigenvalue weighted by atomic mass is 35.5. The van der Waals surface area contributed by atoms with Crippen LogP contribution in [0.15, 0.2) is 12.1 Å². The van der Waals surface area contributed by atoms with Crippen LogP contribution in [0, 0.1) is 0 Å². The van der Waals surface area contributed by atoms with Crippen LogP contribution in [0.3, 0.4) is 0 Å². The fraction of sp³-hybridized carbons (Fsp3) is 0.333. The second-order valence-corrected chi connectivity index (χ2v) is 3.28. The quantitative estimate of drug-likeness (QED) is 0.631. The third kappa shape index (κ3) is 1.000. The maximum Gasteiger partial charge on any atom is 0.119 e. The molecule has 1 nitrogen and oxygen atoms in total. The normalized spacial score (nSPS) is 15.0. The van der Waals surface area contributed by atoms with Crippen molar-refractivity contribution in [2.75, 3.05) is 0 Å². The van der Waals surface area contributed by atoms with Gasteiger partial charge in [-0.05, 0) is 42.5 Å². The van der Waals surface area contributed by atoms with Crippen LogP contribution in [0.1, 0.15) is 17.5 Å². The first-order valence-electron chi connectivity index (χ1n) is 3.78. The van der Waals surface area contributed by atoms with Crippen molar-refractivity contribution in [3.05, 3.63) is 28.3 Å². The molecule has 0 radical (unpaired) electrons. The van der Waals surface area contributed by atoms with E-state index in [0.717, 1.165) is 35.4 Å². The highest BCUT2D eigenvalue weighted by Gasteiger charge is 2.16. The van der Waals surface area contributed by atoms with Crippen molar-refractivity contribution in [3.8, 4) is 5.75 Å². The lowest BCUT2D eigenvalue weighted by atomic mass is 10.1. The number of aromatic hydroxyl groups is 1. The second-order valence-electron chi connectivity index (χ2n) is 2.88. The number of phenols is 1. The van der Waals surface area contributed by atoms with Gasteiger partial charge in [0.1, 0.15) is 5.75 Å². The van der Waals surface area contributed by atoms with Crippen LogP contribution in [0.25, 0.3) is 0 Å². The lowest BCUT2D eigenvalue weighted by Crippen LogP contribution is -1.83. The zero-order valence-corrected chi connectivity index (χ0v) is 6.86. The Bertz CT molecular complexity index is 265. The van der Waals surface area contributed by atoms with Crippen molar-refractivity contribution in [2.24, 2.45) is 0 Å². The molecule has 1 aromatic carbocycles. The van der Waals surface area contributed by atoms with Crippen LogP contribution in [0.4, 0.5) is 0 Å². The van der Waals surface area contributed by atoms with Crippen molar-refractivity contribution >= 4 is 11.6 Å². The molecule has 2 heteroatoms. The Morgan fingerprint density at radius 2 is 1.91 bits per heavy atom. The van der Waals surface area contributed by atoms with Gasteiger partial charge in [-0.3, -0.25) is 0 Å². The minimum Gasteiger partial charge on any atom is -0.508 e. The van der Waals surface area contributed by atoms with Crippen molar-refractivity contribution in [3.63, 3.8) is 0 Å². The molecule has 0 aromatic heterocycles. The Hall–Kier alpha value is -0.690. The number of hydrogen-bond donors (Lipinski definition) is 1. The summed E-state index contributed by atoms with van der Waals surface area (Å²) in [5, 5.41) is 10.2. The summed E-state index contributed by atoms with van der Waals surface area (Å²) in [6.07, 6.45) is 3.11. The lowest BCUT2D eigenvalue weighted by Gasteiger charge is -2.02. The van der Waals surface area contributed by atoms with Gasteiger partial charge in [0.05, 0.1) is 0 Å². The molecule has 1 aliphatic rings. The van der Waals surface area contributed by atoms with E-state index in [9.17, 15) is 5.11 Å². The van der Waals surface area contributed by atoms with Crippen LogP contribution in [-0.2, 0) is 12.8 Å². The van der Waals surface area contributed by atoms with E-state index in [0.29, 0.717) is 5.75 Å². The standard InChI is InChI=1S/C9H9ClO/c10-8-4-5-9(11)7-3-1-2-6(7)8/h4-5,11H,1-3H2. The first-order chi connectivity index (χ1) is 5.29. The molecule has 1 aliphatic carbocycles. The van der Waals surface area contributed by atoms with E-state index in [1.54, 1.807) is 12.1 Å². The molecule has 11 heavy (non-hydrogen) atoms. The van der Waals surface area contributed by atoms with Gasteiger partial charge in [-0.1, -0.05) is 11.6 Å². The molecule has 0 amide bonds. The zero-order chi connectivity index (χ0) is 7.84. The van der Waals surface area contributed by atoms with Gasteiger partial charge in [-0.15, -0.1) is 0 Å². The Kier molecular flexibility index (Phi) is 1.53. The average Bonchev–Trinajstić information content (AvgIpc) is 2.45. The van der Waals surface area contributed by atoms with Crippen LogP contribution < -0.4 is 0 Å². The fourth-order valence-electron chi connectivity index (χ4n) is 1.64. The van der Waals surface area contributed by atoms with Gasteiger partial charge in [0.2, 0.25) is 0 Å². The Balaban J connectivity index is 2.64. The molecule has 0 aliphatic heterocycles. The number of halogens is 1. The molecule has 1 N–H and O–H groups in total. The summed E-state index contributed by atoms with van der Waals surface area (Å²) < 4.78 is 0. The van der Waals surface area contributed by atoms with E-state index < -0.39 is 0 Å². The van der Waals surface area contributed by atoms with Crippen LogP contribution in [0.5, 0.6) is 5.75 Å². The number of phenolic OH excluding ortho intramolecular Hbond substituents is 1. The van der Waals surface area contributed by atoms with Crippen LogP contribution in [0.2, 0.25) is 5.02 Å². The van der Waals surface area contributed by atoms with Gasteiger partial charge in [-0.2, -0.15) is 0 Å². The van der Waals surface area contributed by atoms with E-state index in [1.165, 1.54) is 0 Å². The van der Waals surface area contributed by atoms with Crippen molar-refractivity contribution in [2.45, 2.75) is 19.3 Å². The number of benzene rings is 1. The minimum atomic E-state index is 0.405. The Morgan fingerprint density at radius 1 is 1.18 bits per heavy atom. The summed E-state index contributed by atoms with van der Waals surface area (Å²) in [5.74, 6) is 0.405. The number of fused-ring (bicyclic) bond motifs is 1. The van der Waals surface area contributed by atoms with Gasteiger partial charge >= 0.3 is 0 Å². The second kappa shape index (κ2) is 2.42. The number of rotatable bonds is 0. The molecular weight excluding hydrogens is 160 g/mol. The van der Waals surface area contributed by atoms with E-state index in [2.05, 4.69) is 0 Å². The molecule has 0 unspecified atom stereocenters. The summed E-state index contributed by atoms with van der Waals surface area (Å²) in [7, 11) is 0. The molecule has 0 heterocycles. The molecule has 0 saturated heterocycles. The number of hydrogen-bond acceptors (Lipinski definition) is 1. The van der Waals surface area contributed by atoms with Gasteiger partial charge in [0.25, 0.3) is 0 Å². The van der Waals surface area contributed by atoms with Gasteiger partial charge < -0.3 is 5.11 Å². The van der Waals surface area contributed by atoms with E-state index in [4.69, 9.17) is 11.6 Å². The van der Waals surface area contributed by atoms with E-state index >= 15 is 0 Å². The lowest BCUT2D eigenvalue weighted by molar-refractivity contribution is 0.469. The van der Waals surface area contributed by atoms with Gasteiger partial charge in [0, 0.05) is 5.02 Å². The predicted molar refractivity (Wildman–Crippen MR) is 45.1 cm³/mol. The predicted octanol–water partition coefficient (Wildman–Crippen LogP) is 2.53. The Morgan fingerprint density at radius 3 is 2.64 bits per heavy atom. The van der Waals surface area contributed by atoms with Crippen LogP contribution >= 0.6 is 11.6 Å². The SMILES string of the molecule is Oc1ccc(Cl)c2c1CCC2. The molecule has 0 bridgehead atoms. The smallest absolute Gasteiger partial charge is 0.119 e. The van der Waals surface area contributed by atoms with Crippen LogP contribution in [-0.4, -0.2) is 5.11 Å². The summed E-state index contributed by atoms with van der Waals surface area (Å²) >= 11 is 5.93. The molecule has 58 valence electrons. The molecule has 0 saturated carbocycles. The summed E-state index contributed by atoms with van der Waals surface area (Å²) in [5.41, 5.74) is 2.20. The highest BCUT2D eigenvalue weighted by Crippen LogP contribution is 2.34. The maximum atomic E-state index is 9.40. The minimum absolute atomic E-state index is 0.405. The first-order valence-corrected chi connectivity index (χ1v) is 4.16. The monoisotopic (exact) mass is 168 g/mol. The maximum absolute atomic E-state index is 9.40. The summed E-state index contributed by atoms with van der Waals surface area (Å²) in [6.45, 7) is 0. The van der Waals surface area contributed by atoms with Crippen molar-refractivity contribution < 1.29 is 5.11 Å². The topological polar surface area (TPSA) is 20.2 Å². The zero-order valence-electron chi connectivity index (χ0n) is 6.10. The molecule has 1 aromatic rings. The fourth-order valence-corrected chi connectivity index (χ4v) is 1.91. The third-order valence-corrected chi connectivity index (χ3v) is 2.56. The Labute approximate surface area is 70.6 Å². The first kappa shape index (κ1) is 6.99. The third-order valence-electron chi connectivity index (χ3n) is 2.20. The summed E-state index contributed by atoms with van der Waals surface area (Å²) in [4.78, 5) is 0. The van der Waals surface area contributed by atoms with E-state index in [1.807, 2.05) is 0 Å². The summed E-state index contributed by atoms with van der Waals surface area (Å²) in [6, 6.07) is 3.44. The van der Waals surface area contributed by atoms with Gasteiger partial charge in [-0.25, -0.2) is 0 Å². The molecule has 0 spiro atoms.